The van der Waals surface area contributed by atoms with E-state index in [1.807, 2.05) is 18.4 Å². The average molecular weight is 641 g/mol. The lowest BCUT2D eigenvalue weighted by Gasteiger charge is -2.28. The highest BCUT2D eigenvalue weighted by Gasteiger charge is 2.29. The van der Waals surface area contributed by atoms with Crippen LogP contribution in [0.3, 0.4) is 0 Å². The molecule has 2 aromatic carbocycles. The third kappa shape index (κ3) is 7.80. The van der Waals surface area contributed by atoms with Crippen molar-refractivity contribution in [3.63, 3.8) is 0 Å². The Morgan fingerprint density at radius 1 is 1.11 bits per heavy atom. The number of amides is 1. The summed E-state index contributed by atoms with van der Waals surface area (Å²) >= 11 is 0. The maximum absolute atomic E-state index is 12.7. The molecule has 1 fully saturated rings. The van der Waals surface area contributed by atoms with Gasteiger partial charge in [0.2, 0.25) is 0 Å². The quantitative estimate of drug-likeness (QED) is 0.182. The van der Waals surface area contributed by atoms with Crippen molar-refractivity contribution in [3.8, 4) is 0 Å². The summed E-state index contributed by atoms with van der Waals surface area (Å²) in [6.45, 7) is 4.85. The van der Waals surface area contributed by atoms with Crippen LogP contribution in [0.15, 0.2) is 78.1 Å². The summed E-state index contributed by atoms with van der Waals surface area (Å²) < 4.78 is 53.2. The Balaban J connectivity index is 1.15. The molecule has 1 unspecified atom stereocenters. The summed E-state index contributed by atoms with van der Waals surface area (Å²) in [5.74, 6) is -0.345. The Morgan fingerprint density at radius 3 is 2.61 bits per heavy atom. The number of aliphatic hydroxyl groups is 1. The van der Waals surface area contributed by atoms with Gasteiger partial charge in [-0.05, 0) is 62.6 Å². The van der Waals surface area contributed by atoms with Gasteiger partial charge in [-0.25, -0.2) is 26.8 Å². The van der Waals surface area contributed by atoms with Crippen LogP contribution < -0.4 is 15.4 Å². The summed E-state index contributed by atoms with van der Waals surface area (Å²) in [5, 5.41) is 17.0. The van der Waals surface area contributed by atoms with E-state index in [0.29, 0.717) is 47.4 Å². The fourth-order valence-electron chi connectivity index (χ4n) is 5.02. The fraction of sp³-hybridized carbons (Fsp3) is 0.367. The number of hydrogen-bond donors (Lipinski definition) is 4. The van der Waals surface area contributed by atoms with Gasteiger partial charge in [0.15, 0.2) is 15.5 Å². The van der Waals surface area contributed by atoms with Crippen molar-refractivity contribution in [3.05, 3.63) is 84.3 Å². The first-order valence-electron chi connectivity index (χ1n) is 14.2. The third-order valence-electron chi connectivity index (χ3n) is 7.61. The van der Waals surface area contributed by atoms with Crippen molar-refractivity contribution in [2.45, 2.75) is 55.8 Å². The minimum Gasteiger partial charge on any atom is -0.387 e. The first-order chi connectivity index (χ1) is 20.8. The molecule has 0 saturated carbocycles. The van der Waals surface area contributed by atoms with Gasteiger partial charge in [0.25, 0.3) is 15.9 Å². The number of nitrogens with one attached hydrogen (secondary N) is 3. The second-order valence-corrected chi connectivity index (χ2v) is 15.6. The van der Waals surface area contributed by atoms with Crippen LogP contribution in [0.1, 0.15) is 48.7 Å². The van der Waals surface area contributed by atoms with Crippen molar-refractivity contribution >= 4 is 42.6 Å². The van der Waals surface area contributed by atoms with Gasteiger partial charge >= 0.3 is 0 Å². The number of hydrogen-bond acceptors (Lipinski definition) is 9. The third-order valence-corrected chi connectivity index (χ3v) is 10.8. The number of pyridine rings is 1. The van der Waals surface area contributed by atoms with Gasteiger partial charge in [-0.15, -0.1) is 0 Å². The van der Waals surface area contributed by atoms with Gasteiger partial charge < -0.3 is 20.3 Å². The lowest BCUT2D eigenvalue weighted by atomic mass is 9.99. The van der Waals surface area contributed by atoms with Gasteiger partial charge in [-0.3, -0.25) is 9.52 Å². The highest BCUT2D eigenvalue weighted by atomic mass is 32.2. The van der Waals surface area contributed by atoms with Crippen LogP contribution in [-0.4, -0.2) is 72.0 Å². The van der Waals surface area contributed by atoms with E-state index in [9.17, 15) is 26.7 Å². The fourth-order valence-corrected chi connectivity index (χ4v) is 7.76. The lowest BCUT2D eigenvalue weighted by Crippen LogP contribution is -2.42. The normalized spacial score (nSPS) is 17.4. The highest BCUT2D eigenvalue weighted by molar-refractivity contribution is 7.92. The van der Waals surface area contributed by atoms with Gasteiger partial charge in [0, 0.05) is 36.6 Å². The molecular weight excluding hydrogens is 605 g/mol. The number of benzene rings is 2. The summed E-state index contributed by atoms with van der Waals surface area (Å²) in [7, 11) is -6.85. The zero-order valence-electron chi connectivity index (χ0n) is 24.5. The number of sulfonamides is 1. The van der Waals surface area contributed by atoms with E-state index >= 15 is 0 Å². The number of nitrogens with zero attached hydrogens (tertiary/aromatic N) is 3. The topological polar surface area (TPSA) is 172 Å². The number of carbonyl (C=O) groups is 1. The molecule has 14 heteroatoms. The van der Waals surface area contributed by atoms with Crippen molar-refractivity contribution in [1.29, 1.82) is 0 Å². The second kappa shape index (κ2) is 12.6. The number of fused-ring (bicyclic) bond motifs is 1. The smallest absolute Gasteiger partial charge is 0.261 e. The van der Waals surface area contributed by atoms with E-state index in [4.69, 9.17) is 0 Å². The maximum Gasteiger partial charge on any atom is 0.261 e. The number of sulfone groups is 1. The Labute approximate surface area is 256 Å². The van der Waals surface area contributed by atoms with Gasteiger partial charge in [0.1, 0.15) is 5.52 Å². The number of β-amino-alcohol motifs (C(OH)–C–C–N with tert-alkyl or cyclic N) is 1. The second-order valence-electron chi connectivity index (χ2n) is 11.7. The number of aliphatic hydroxyl groups excluding tert-OH is 1. The molecular formula is C30H36N6O6S2. The average Bonchev–Trinajstić information content (AvgIpc) is 3.56. The Bertz CT molecular complexity index is 1860. The molecule has 12 nitrogen and oxygen atoms in total. The molecule has 1 saturated heterocycles. The van der Waals surface area contributed by atoms with E-state index in [1.165, 1.54) is 18.3 Å². The van der Waals surface area contributed by atoms with Crippen LogP contribution in [0.4, 0.5) is 5.69 Å². The summed E-state index contributed by atoms with van der Waals surface area (Å²) in [4.78, 5) is 21.6. The van der Waals surface area contributed by atoms with Crippen molar-refractivity contribution < 1.29 is 26.7 Å². The molecule has 5 rings (SSSR count). The van der Waals surface area contributed by atoms with Crippen LogP contribution in [0.2, 0.25) is 0 Å². The lowest BCUT2D eigenvalue weighted by molar-refractivity contribution is 0.0941. The van der Waals surface area contributed by atoms with Crippen LogP contribution in [-0.2, 0) is 26.4 Å². The molecule has 0 bridgehead atoms. The molecule has 0 spiro atoms. The standard InChI is InChI=1S/C30H36N6O6S2/c1-30(2,33-18-27(37)21-7-6-8-23(15-21)35-44(41,42)25-9-4-3-5-10-25)12-13-36-20-32-26-16-22(17-31-28(26)36)29(38)34-24-11-14-43(39,40)19-24/h3-10,15-17,20,24,27,33,35,37H,11-14,18-19H2,1-2H3,(H,34,38)/t24?,27-/m0/s1. The van der Waals surface area contributed by atoms with Crippen LogP contribution in [0.25, 0.3) is 11.2 Å². The Kier molecular flexibility index (Phi) is 9.07. The first kappa shape index (κ1) is 31.6. The molecule has 0 radical (unpaired) electrons. The van der Waals surface area contributed by atoms with E-state index in [-0.39, 0.29) is 34.4 Å². The molecule has 1 aliphatic heterocycles. The Hall–Kier alpha value is -3.85. The zero-order valence-corrected chi connectivity index (χ0v) is 26.1. The molecule has 1 amide bonds. The Morgan fingerprint density at radius 2 is 1.89 bits per heavy atom. The zero-order chi connectivity index (χ0) is 31.5. The van der Waals surface area contributed by atoms with E-state index in [2.05, 4.69) is 25.3 Å². The SMILES string of the molecule is CC(C)(CCn1cnc2cc(C(=O)NC3CCS(=O)(=O)C3)cnc21)NC[C@H](O)c1cccc(NS(=O)(=O)c2ccccc2)c1. The van der Waals surface area contributed by atoms with Crippen molar-refractivity contribution in [2.24, 2.45) is 0 Å². The molecule has 44 heavy (non-hydrogen) atoms. The number of anilines is 1. The van der Waals surface area contributed by atoms with Gasteiger partial charge in [0.05, 0.1) is 34.4 Å². The maximum atomic E-state index is 12.7. The molecule has 0 aliphatic carbocycles. The van der Waals surface area contributed by atoms with Gasteiger partial charge in [-0.1, -0.05) is 30.3 Å². The summed E-state index contributed by atoms with van der Waals surface area (Å²) in [5.41, 5.74) is 2.04. The summed E-state index contributed by atoms with van der Waals surface area (Å²) in [6, 6.07) is 16.0. The van der Waals surface area contributed by atoms with Crippen molar-refractivity contribution in [1.82, 2.24) is 25.2 Å². The molecule has 1 aliphatic rings. The van der Waals surface area contributed by atoms with Crippen LogP contribution >= 0.6 is 0 Å². The molecule has 4 N–H and O–H groups in total. The van der Waals surface area contributed by atoms with Crippen molar-refractivity contribution in [2.75, 3.05) is 22.8 Å². The molecule has 2 atom stereocenters. The molecule has 3 heterocycles. The largest absolute Gasteiger partial charge is 0.387 e. The summed E-state index contributed by atoms with van der Waals surface area (Å²) in [6.07, 6.45) is 3.33. The molecule has 2 aromatic heterocycles. The minimum atomic E-state index is -3.75. The van der Waals surface area contributed by atoms with Crippen LogP contribution in [0.5, 0.6) is 0 Å². The van der Waals surface area contributed by atoms with E-state index in [1.54, 1.807) is 54.9 Å². The van der Waals surface area contributed by atoms with Gasteiger partial charge in [-0.2, -0.15) is 0 Å². The first-order valence-corrected chi connectivity index (χ1v) is 17.5. The predicted molar refractivity (Wildman–Crippen MR) is 167 cm³/mol. The number of aromatic nitrogens is 3. The minimum absolute atomic E-state index is 0.0490. The number of aryl methyl sites for hydroxylation is 1. The van der Waals surface area contributed by atoms with Crippen LogP contribution in [0, 0.1) is 0 Å². The van der Waals surface area contributed by atoms with E-state index in [0.717, 1.165) is 0 Å². The molecule has 234 valence electrons. The highest BCUT2D eigenvalue weighted by Crippen LogP contribution is 2.22. The van der Waals surface area contributed by atoms with E-state index < -0.39 is 32.0 Å². The monoisotopic (exact) mass is 640 g/mol. The number of rotatable bonds is 12. The number of imidazole rings is 1. The number of carbonyl (C=O) groups excluding carboxylic acids is 1. The molecule has 4 aromatic rings. The predicted octanol–water partition coefficient (Wildman–Crippen LogP) is 2.64.